The second kappa shape index (κ2) is 5.32. The number of nitrogens with zero attached hydrogens (tertiary/aromatic N) is 2. The van der Waals surface area contributed by atoms with Crippen LogP contribution in [0.1, 0.15) is 12.0 Å². The second-order valence-corrected chi connectivity index (χ2v) is 4.68. The minimum atomic E-state index is 0.865. The smallest absolute Gasteiger partial charge is 0.0317 e. The maximum Gasteiger partial charge on any atom is 0.0317 e. The van der Waals surface area contributed by atoms with Gasteiger partial charge in [-0.25, -0.2) is 0 Å². The molecule has 2 N–H and O–H groups in total. The van der Waals surface area contributed by atoms with E-state index in [1.807, 2.05) is 12.1 Å². The summed E-state index contributed by atoms with van der Waals surface area (Å²) in [5, 5.41) is 0. The summed E-state index contributed by atoms with van der Waals surface area (Å²) in [6.07, 6.45) is 1.26. The van der Waals surface area contributed by atoms with Crippen LogP contribution in [0, 0.1) is 0 Å². The number of likely N-dealkylation sites (N-methyl/N-ethyl adjacent to an activating group) is 1. The summed E-state index contributed by atoms with van der Waals surface area (Å²) in [4.78, 5) is 4.91. The molecule has 3 heteroatoms. The van der Waals surface area contributed by atoms with E-state index in [2.05, 4.69) is 29.0 Å². The van der Waals surface area contributed by atoms with Crippen molar-refractivity contribution >= 4 is 5.69 Å². The van der Waals surface area contributed by atoms with Crippen molar-refractivity contribution in [3.63, 3.8) is 0 Å². The molecule has 0 unspecified atom stereocenters. The first-order valence-electron chi connectivity index (χ1n) is 5.99. The fourth-order valence-corrected chi connectivity index (χ4v) is 2.21. The molecule has 0 aromatic heterocycles. The molecule has 2 rings (SSSR count). The van der Waals surface area contributed by atoms with Crippen molar-refractivity contribution in [3.05, 3.63) is 29.8 Å². The van der Waals surface area contributed by atoms with Gasteiger partial charge in [0.05, 0.1) is 0 Å². The highest BCUT2D eigenvalue weighted by Gasteiger charge is 2.11. The number of hydrogen-bond donors (Lipinski definition) is 1. The predicted molar refractivity (Wildman–Crippen MR) is 68.2 cm³/mol. The number of nitrogens with two attached hydrogens (primary N) is 1. The van der Waals surface area contributed by atoms with Crippen LogP contribution in [-0.4, -0.2) is 43.0 Å². The molecule has 1 saturated heterocycles. The topological polar surface area (TPSA) is 32.5 Å². The zero-order chi connectivity index (χ0) is 11.4. The Morgan fingerprint density at radius 1 is 1.19 bits per heavy atom. The average molecular weight is 219 g/mol. The molecule has 1 aromatic carbocycles. The Labute approximate surface area is 97.8 Å². The summed E-state index contributed by atoms with van der Waals surface area (Å²) in [7, 11) is 2.20. The maximum absolute atomic E-state index is 5.79. The van der Waals surface area contributed by atoms with E-state index in [0.29, 0.717) is 0 Å². The highest BCUT2D eigenvalue weighted by atomic mass is 15.2. The SMILES string of the molecule is CN1CCCN(Cc2cccc(N)c2)CC1. The van der Waals surface area contributed by atoms with E-state index in [-0.39, 0.29) is 0 Å². The van der Waals surface area contributed by atoms with Crippen molar-refractivity contribution < 1.29 is 0 Å². The molecule has 1 heterocycles. The number of anilines is 1. The van der Waals surface area contributed by atoms with Crippen LogP contribution in [0.25, 0.3) is 0 Å². The molecule has 1 fully saturated rings. The average Bonchev–Trinajstić information content (AvgIpc) is 2.44. The van der Waals surface area contributed by atoms with Gasteiger partial charge in [0.15, 0.2) is 0 Å². The van der Waals surface area contributed by atoms with Gasteiger partial charge in [-0.15, -0.1) is 0 Å². The number of benzene rings is 1. The van der Waals surface area contributed by atoms with E-state index in [9.17, 15) is 0 Å². The summed E-state index contributed by atoms with van der Waals surface area (Å²) >= 11 is 0. The highest BCUT2D eigenvalue weighted by Crippen LogP contribution is 2.11. The lowest BCUT2D eigenvalue weighted by atomic mass is 10.2. The number of nitrogen functional groups attached to an aromatic ring is 1. The molecule has 1 aliphatic heterocycles. The van der Waals surface area contributed by atoms with Gasteiger partial charge in [0.25, 0.3) is 0 Å². The van der Waals surface area contributed by atoms with E-state index in [0.717, 1.165) is 18.8 Å². The van der Waals surface area contributed by atoms with Gasteiger partial charge in [-0.3, -0.25) is 4.90 Å². The largest absolute Gasteiger partial charge is 0.399 e. The quantitative estimate of drug-likeness (QED) is 0.763. The van der Waals surface area contributed by atoms with Gasteiger partial charge in [-0.1, -0.05) is 12.1 Å². The van der Waals surface area contributed by atoms with Crippen molar-refractivity contribution in [1.82, 2.24) is 9.80 Å². The normalized spacial score (nSPS) is 19.6. The van der Waals surface area contributed by atoms with E-state index in [1.165, 1.54) is 31.6 Å². The molecular weight excluding hydrogens is 198 g/mol. The third-order valence-electron chi connectivity index (χ3n) is 3.17. The highest BCUT2D eigenvalue weighted by molar-refractivity contribution is 5.40. The Bertz CT molecular complexity index is 338. The molecule has 0 saturated carbocycles. The molecule has 0 spiro atoms. The van der Waals surface area contributed by atoms with E-state index in [1.54, 1.807) is 0 Å². The Morgan fingerprint density at radius 3 is 2.88 bits per heavy atom. The third-order valence-corrected chi connectivity index (χ3v) is 3.17. The number of rotatable bonds is 2. The van der Waals surface area contributed by atoms with Gasteiger partial charge in [-0.2, -0.15) is 0 Å². The minimum Gasteiger partial charge on any atom is -0.399 e. The lowest BCUT2D eigenvalue weighted by Crippen LogP contribution is -2.28. The van der Waals surface area contributed by atoms with Crippen LogP contribution >= 0.6 is 0 Å². The third kappa shape index (κ3) is 3.22. The van der Waals surface area contributed by atoms with Crippen molar-refractivity contribution in [2.24, 2.45) is 0 Å². The fourth-order valence-electron chi connectivity index (χ4n) is 2.21. The summed E-state index contributed by atoms with van der Waals surface area (Å²) in [5.41, 5.74) is 7.98. The lowest BCUT2D eigenvalue weighted by molar-refractivity contribution is 0.269. The first kappa shape index (κ1) is 11.4. The molecular formula is C13H21N3. The molecule has 0 radical (unpaired) electrons. The van der Waals surface area contributed by atoms with Gasteiger partial charge in [0.1, 0.15) is 0 Å². The lowest BCUT2D eigenvalue weighted by Gasteiger charge is -2.20. The number of hydrogen-bond acceptors (Lipinski definition) is 3. The van der Waals surface area contributed by atoms with Crippen LogP contribution in [0.5, 0.6) is 0 Å². The monoisotopic (exact) mass is 219 g/mol. The van der Waals surface area contributed by atoms with Crippen molar-refractivity contribution in [2.75, 3.05) is 39.0 Å². The predicted octanol–water partition coefficient (Wildman–Crippen LogP) is 1.41. The van der Waals surface area contributed by atoms with Gasteiger partial charge in [-0.05, 0) is 44.3 Å². The molecule has 16 heavy (non-hydrogen) atoms. The molecule has 0 aliphatic carbocycles. The van der Waals surface area contributed by atoms with Crippen LogP contribution in [0.4, 0.5) is 5.69 Å². The van der Waals surface area contributed by atoms with Crippen LogP contribution in [-0.2, 0) is 6.54 Å². The van der Waals surface area contributed by atoms with Gasteiger partial charge < -0.3 is 10.6 Å². The van der Waals surface area contributed by atoms with Crippen LogP contribution in [0.2, 0.25) is 0 Å². The standard InChI is InChI=1S/C13H21N3/c1-15-6-3-7-16(9-8-15)11-12-4-2-5-13(14)10-12/h2,4-5,10H,3,6-9,11,14H2,1H3. The second-order valence-electron chi connectivity index (χ2n) is 4.68. The van der Waals surface area contributed by atoms with Crippen molar-refractivity contribution in [3.8, 4) is 0 Å². The minimum absolute atomic E-state index is 0.865. The van der Waals surface area contributed by atoms with Crippen LogP contribution in [0.3, 0.4) is 0 Å². The van der Waals surface area contributed by atoms with E-state index in [4.69, 9.17) is 5.73 Å². The Kier molecular flexibility index (Phi) is 3.80. The molecule has 0 amide bonds. The van der Waals surface area contributed by atoms with Crippen LogP contribution < -0.4 is 5.73 Å². The molecule has 1 aliphatic rings. The van der Waals surface area contributed by atoms with Crippen LogP contribution in [0.15, 0.2) is 24.3 Å². The fraction of sp³-hybridized carbons (Fsp3) is 0.538. The Balaban J connectivity index is 1.93. The van der Waals surface area contributed by atoms with Crippen molar-refractivity contribution in [2.45, 2.75) is 13.0 Å². The summed E-state index contributed by atoms with van der Waals surface area (Å²) < 4.78 is 0. The summed E-state index contributed by atoms with van der Waals surface area (Å²) in [6.45, 7) is 5.76. The molecule has 0 atom stereocenters. The Morgan fingerprint density at radius 2 is 2.06 bits per heavy atom. The molecule has 0 bridgehead atoms. The molecule has 3 nitrogen and oxygen atoms in total. The zero-order valence-electron chi connectivity index (χ0n) is 10.0. The van der Waals surface area contributed by atoms with Crippen molar-refractivity contribution in [1.29, 1.82) is 0 Å². The first-order chi connectivity index (χ1) is 7.74. The van der Waals surface area contributed by atoms with Gasteiger partial charge in [0.2, 0.25) is 0 Å². The molecule has 88 valence electrons. The van der Waals surface area contributed by atoms with E-state index < -0.39 is 0 Å². The summed E-state index contributed by atoms with van der Waals surface area (Å²) in [6, 6.07) is 8.22. The Hall–Kier alpha value is -1.06. The summed E-state index contributed by atoms with van der Waals surface area (Å²) in [5.74, 6) is 0. The van der Waals surface area contributed by atoms with Gasteiger partial charge in [0, 0.05) is 25.3 Å². The molecule has 1 aromatic rings. The van der Waals surface area contributed by atoms with Gasteiger partial charge >= 0.3 is 0 Å². The first-order valence-corrected chi connectivity index (χ1v) is 5.99. The zero-order valence-corrected chi connectivity index (χ0v) is 10.0. The maximum atomic E-state index is 5.79. The van der Waals surface area contributed by atoms with E-state index >= 15 is 0 Å².